The van der Waals surface area contributed by atoms with Crippen LogP contribution in [0.4, 0.5) is 0 Å². The van der Waals surface area contributed by atoms with Gasteiger partial charge in [0.2, 0.25) is 0 Å². The number of rotatable bonds is 9. The number of carbonyl (C=O) groups is 1. The highest BCUT2D eigenvalue weighted by atomic mass is 32.2. The third-order valence-electron chi connectivity index (χ3n) is 4.58. The normalized spacial score (nSPS) is 16.6. The molecular formula is C20H31NO2S. The number of aryl methyl sites for hydroxylation is 1. The van der Waals surface area contributed by atoms with Crippen molar-refractivity contribution in [3.8, 4) is 5.75 Å². The Morgan fingerprint density at radius 1 is 1.21 bits per heavy atom. The van der Waals surface area contributed by atoms with Crippen LogP contribution < -0.4 is 10.1 Å². The molecule has 1 N–H and O–H groups in total. The molecule has 1 saturated carbocycles. The molecule has 0 radical (unpaired) electrons. The van der Waals surface area contributed by atoms with Gasteiger partial charge in [-0.3, -0.25) is 4.79 Å². The van der Waals surface area contributed by atoms with E-state index in [-0.39, 0.29) is 5.91 Å². The van der Waals surface area contributed by atoms with Crippen LogP contribution >= 0.6 is 11.8 Å². The molecule has 0 aromatic heterocycles. The molecule has 3 nitrogen and oxygen atoms in total. The molecule has 1 aromatic carbocycles. The Kier molecular flexibility index (Phi) is 8.51. The monoisotopic (exact) mass is 349 g/mol. The van der Waals surface area contributed by atoms with Crippen molar-refractivity contribution < 1.29 is 9.53 Å². The number of amides is 1. The quantitative estimate of drug-likeness (QED) is 0.663. The molecule has 4 heteroatoms. The highest BCUT2D eigenvalue weighted by Gasteiger charge is 2.18. The Hall–Kier alpha value is -1.16. The van der Waals surface area contributed by atoms with E-state index in [1.807, 2.05) is 30.8 Å². The van der Waals surface area contributed by atoms with Gasteiger partial charge in [0.25, 0.3) is 5.91 Å². The van der Waals surface area contributed by atoms with E-state index in [9.17, 15) is 4.79 Å². The summed E-state index contributed by atoms with van der Waals surface area (Å²) >= 11 is 2.01. The predicted octanol–water partition coefficient (Wildman–Crippen LogP) is 4.59. The smallest absolute Gasteiger partial charge is 0.261 e. The van der Waals surface area contributed by atoms with E-state index in [1.54, 1.807) is 0 Å². The third-order valence-corrected chi connectivity index (χ3v) is 5.96. The lowest BCUT2D eigenvalue weighted by Crippen LogP contribution is -2.39. The molecule has 1 aliphatic carbocycles. The van der Waals surface area contributed by atoms with Gasteiger partial charge in [-0.15, -0.1) is 0 Å². The molecule has 134 valence electrons. The highest BCUT2D eigenvalue weighted by Crippen LogP contribution is 2.27. The summed E-state index contributed by atoms with van der Waals surface area (Å²) in [6.45, 7) is 4.85. The first-order valence-corrected chi connectivity index (χ1v) is 10.4. The van der Waals surface area contributed by atoms with Gasteiger partial charge in [0.05, 0.1) is 0 Å². The number of thioether (sulfide) groups is 1. The minimum absolute atomic E-state index is 0.00122. The van der Waals surface area contributed by atoms with Crippen LogP contribution in [0, 0.1) is 0 Å². The van der Waals surface area contributed by atoms with E-state index in [2.05, 4.69) is 24.4 Å². The van der Waals surface area contributed by atoms with Crippen LogP contribution in [0.1, 0.15) is 57.9 Å². The van der Waals surface area contributed by atoms with Crippen LogP contribution in [0.5, 0.6) is 5.75 Å². The Morgan fingerprint density at radius 3 is 2.54 bits per heavy atom. The van der Waals surface area contributed by atoms with Gasteiger partial charge in [-0.25, -0.2) is 0 Å². The molecule has 1 atom stereocenters. The fourth-order valence-electron chi connectivity index (χ4n) is 3.04. The van der Waals surface area contributed by atoms with Crippen molar-refractivity contribution in [2.45, 2.75) is 70.1 Å². The molecule has 24 heavy (non-hydrogen) atoms. The van der Waals surface area contributed by atoms with E-state index >= 15 is 0 Å². The SMILES string of the molecule is CCc1ccc(OC(CC)C(=O)NCCSC2CCCCC2)cc1. The van der Waals surface area contributed by atoms with Crippen molar-refractivity contribution in [1.29, 1.82) is 0 Å². The third kappa shape index (κ3) is 6.39. The molecule has 0 saturated heterocycles. The maximum absolute atomic E-state index is 12.3. The number of carbonyl (C=O) groups excluding carboxylic acids is 1. The van der Waals surface area contributed by atoms with Gasteiger partial charge < -0.3 is 10.1 Å². The summed E-state index contributed by atoms with van der Waals surface area (Å²) in [6, 6.07) is 8.02. The second-order valence-electron chi connectivity index (χ2n) is 6.43. The lowest BCUT2D eigenvalue weighted by molar-refractivity contribution is -0.127. The summed E-state index contributed by atoms with van der Waals surface area (Å²) in [7, 11) is 0. The molecule has 1 amide bonds. The molecule has 1 fully saturated rings. The summed E-state index contributed by atoms with van der Waals surface area (Å²) in [4.78, 5) is 12.3. The predicted molar refractivity (Wildman–Crippen MR) is 103 cm³/mol. The van der Waals surface area contributed by atoms with Crippen molar-refractivity contribution in [3.63, 3.8) is 0 Å². The number of nitrogens with one attached hydrogen (secondary N) is 1. The number of ether oxygens (including phenoxy) is 1. The van der Waals surface area contributed by atoms with Gasteiger partial charge in [-0.05, 0) is 43.4 Å². The summed E-state index contributed by atoms with van der Waals surface area (Å²) in [5, 5.41) is 3.83. The molecule has 0 bridgehead atoms. The Labute approximate surface area is 150 Å². The van der Waals surface area contributed by atoms with Crippen molar-refractivity contribution in [2.24, 2.45) is 0 Å². The molecule has 0 spiro atoms. The fourth-order valence-corrected chi connectivity index (χ4v) is 4.26. The Bertz CT molecular complexity index is 483. The zero-order chi connectivity index (χ0) is 17.2. The standard InChI is InChI=1S/C20H31NO2S/c1-3-16-10-12-17(13-11-16)23-19(4-2)20(22)21-14-15-24-18-8-6-5-7-9-18/h10-13,18-19H,3-9,14-15H2,1-2H3,(H,21,22). The zero-order valence-corrected chi connectivity index (χ0v) is 15.9. The van der Waals surface area contributed by atoms with E-state index in [1.165, 1.54) is 37.7 Å². The first-order chi connectivity index (χ1) is 11.7. The summed E-state index contributed by atoms with van der Waals surface area (Å²) in [5.74, 6) is 1.77. The number of benzene rings is 1. The van der Waals surface area contributed by atoms with Gasteiger partial charge in [0, 0.05) is 17.5 Å². The van der Waals surface area contributed by atoms with Crippen molar-refractivity contribution >= 4 is 17.7 Å². The Morgan fingerprint density at radius 2 is 1.92 bits per heavy atom. The summed E-state index contributed by atoms with van der Waals surface area (Å²) in [6.07, 6.45) is 8.09. The second kappa shape index (κ2) is 10.7. The minimum Gasteiger partial charge on any atom is -0.481 e. The average Bonchev–Trinajstić information content (AvgIpc) is 2.64. The van der Waals surface area contributed by atoms with Crippen LogP contribution in [0.2, 0.25) is 0 Å². The average molecular weight is 350 g/mol. The van der Waals surface area contributed by atoms with Crippen molar-refractivity contribution in [1.82, 2.24) is 5.32 Å². The van der Waals surface area contributed by atoms with Crippen LogP contribution in [-0.2, 0) is 11.2 Å². The maximum atomic E-state index is 12.3. The molecule has 1 aromatic rings. The highest BCUT2D eigenvalue weighted by molar-refractivity contribution is 7.99. The van der Waals surface area contributed by atoms with Crippen molar-refractivity contribution in [3.05, 3.63) is 29.8 Å². The lowest BCUT2D eigenvalue weighted by Gasteiger charge is -2.21. The second-order valence-corrected chi connectivity index (χ2v) is 7.84. The summed E-state index contributed by atoms with van der Waals surface area (Å²) in [5.41, 5.74) is 1.28. The zero-order valence-electron chi connectivity index (χ0n) is 15.1. The molecular weight excluding hydrogens is 318 g/mol. The minimum atomic E-state index is -0.405. The number of hydrogen-bond acceptors (Lipinski definition) is 3. The van der Waals surface area contributed by atoms with E-state index in [4.69, 9.17) is 4.74 Å². The molecule has 1 aliphatic rings. The molecule has 0 aliphatic heterocycles. The topological polar surface area (TPSA) is 38.3 Å². The molecule has 0 heterocycles. The van der Waals surface area contributed by atoms with E-state index in [0.29, 0.717) is 6.42 Å². The van der Waals surface area contributed by atoms with Crippen LogP contribution in [0.15, 0.2) is 24.3 Å². The van der Waals surface area contributed by atoms with E-state index < -0.39 is 6.10 Å². The van der Waals surface area contributed by atoms with E-state index in [0.717, 1.165) is 29.7 Å². The molecule has 1 unspecified atom stereocenters. The summed E-state index contributed by atoms with van der Waals surface area (Å²) < 4.78 is 5.85. The maximum Gasteiger partial charge on any atom is 0.261 e. The van der Waals surface area contributed by atoms with Gasteiger partial charge >= 0.3 is 0 Å². The number of hydrogen-bond donors (Lipinski definition) is 1. The van der Waals surface area contributed by atoms with Gasteiger partial charge in [-0.1, -0.05) is 45.2 Å². The van der Waals surface area contributed by atoms with Crippen molar-refractivity contribution in [2.75, 3.05) is 12.3 Å². The first kappa shape index (κ1) is 19.2. The van der Waals surface area contributed by atoms with Gasteiger partial charge in [-0.2, -0.15) is 11.8 Å². The van der Waals surface area contributed by atoms with Gasteiger partial charge in [0.1, 0.15) is 5.75 Å². The van der Waals surface area contributed by atoms with Crippen LogP contribution in [0.3, 0.4) is 0 Å². The first-order valence-electron chi connectivity index (χ1n) is 9.37. The van der Waals surface area contributed by atoms with Crippen LogP contribution in [-0.4, -0.2) is 29.6 Å². The molecule has 2 rings (SSSR count). The van der Waals surface area contributed by atoms with Gasteiger partial charge in [0.15, 0.2) is 6.10 Å². The largest absolute Gasteiger partial charge is 0.481 e. The Balaban J connectivity index is 1.69. The fraction of sp³-hybridized carbons (Fsp3) is 0.650. The van der Waals surface area contributed by atoms with Crippen LogP contribution in [0.25, 0.3) is 0 Å². The lowest BCUT2D eigenvalue weighted by atomic mass is 10.0.